The van der Waals surface area contributed by atoms with E-state index >= 15 is 0 Å². The molecule has 1 aliphatic rings. The van der Waals surface area contributed by atoms with Crippen LogP contribution < -0.4 is 0 Å². The zero-order valence-electron chi connectivity index (χ0n) is 8.78. The van der Waals surface area contributed by atoms with Crippen LogP contribution in [0.15, 0.2) is 4.90 Å². The Kier molecular flexibility index (Phi) is 3.20. The van der Waals surface area contributed by atoms with Gasteiger partial charge in [0.2, 0.25) is 0 Å². The lowest BCUT2D eigenvalue weighted by Gasteiger charge is -1.98. The van der Waals surface area contributed by atoms with Crippen LogP contribution in [0, 0.1) is 0 Å². The van der Waals surface area contributed by atoms with Crippen molar-refractivity contribution in [3.05, 3.63) is 10.8 Å². The summed E-state index contributed by atoms with van der Waals surface area (Å²) in [4.78, 5) is 0.00628. The molecule has 1 heterocycles. The van der Waals surface area contributed by atoms with Crippen molar-refractivity contribution in [2.24, 2.45) is 0 Å². The average molecular weight is 283 g/mol. The van der Waals surface area contributed by atoms with Gasteiger partial charge in [0.1, 0.15) is 10.0 Å². The molecule has 90 valence electrons. The molecule has 1 saturated carbocycles. The quantitative estimate of drug-likeness (QED) is 0.798. The summed E-state index contributed by atoms with van der Waals surface area (Å²) in [6.45, 7) is 2.58. The van der Waals surface area contributed by atoms with Crippen LogP contribution in [0.3, 0.4) is 0 Å². The van der Waals surface area contributed by atoms with Crippen LogP contribution in [-0.4, -0.2) is 18.2 Å². The van der Waals surface area contributed by atoms with E-state index in [-0.39, 0.29) is 16.0 Å². The molecule has 1 aromatic rings. The summed E-state index contributed by atoms with van der Waals surface area (Å²) in [6.07, 6.45) is 2.75. The maximum absolute atomic E-state index is 11.5. The molecule has 0 amide bonds. The fraction of sp³-hybridized carbons (Fsp3) is 0.667. The van der Waals surface area contributed by atoms with Crippen molar-refractivity contribution in [3.63, 3.8) is 0 Å². The summed E-state index contributed by atoms with van der Waals surface area (Å²) in [5.41, 5.74) is 0.536. The highest BCUT2D eigenvalue weighted by Gasteiger charge is 2.35. The van der Waals surface area contributed by atoms with Gasteiger partial charge in [-0.1, -0.05) is 18.5 Å². The van der Waals surface area contributed by atoms with E-state index in [0.717, 1.165) is 19.3 Å². The van der Waals surface area contributed by atoms with Gasteiger partial charge in [-0.25, -0.2) is 8.42 Å². The fourth-order valence-corrected chi connectivity index (χ4v) is 3.51. The second kappa shape index (κ2) is 4.20. The summed E-state index contributed by atoms with van der Waals surface area (Å²) in [5, 5.41) is 4.39. The number of halogens is 2. The van der Waals surface area contributed by atoms with Gasteiger partial charge in [-0.3, -0.25) is 4.68 Å². The minimum atomic E-state index is -3.81. The Morgan fingerprint density at radius 3 is 2.56 bits per heavy atom. The summed E-state index contributed by atoms with van der Waals surface area (Å²) < 4.78 is 24.4. The Bertz CT molecular complexity index is 506. The SMILES string of the molecule is CCCn1nc(C2CC2)c(S(=O)(=O)Cl)c1Cl. The Labute approximate surface area is 104 Å². The molecule has 0 N–H and O–H groups in total. The van der Waals surface area contributed by atoms with Crippen molar-refractivity contribution >= 4 is 31.3 Å². The van der Waals surface area contributed by atoms with Gasteiger partial charge < -0.3 is 0 Å². The fourth-order valence-electron chi connectivity index (χ4n) is 1.65. The van der Waals surface area contributed by atoms with E-state index in [1.54, 1.807) is 0 Å². The smallest absolute Gasteiger partial charge is 0.252 e. The van der Waals surface area contributed by atoms with Crippen LogP contribution in [-0.2, 0) is 15.6 Å². The van der Waals surface area contributed by atoms with Gasteiger partial charge in [-0.15, -0.1) is 0 Å². The number of aryl methyl sites for hydroxylation is 1. The molecule has 0 saturated heterocycles. The third kappa shape index (κ3) is 2.21. The highest BCUT2D eigenvalue weighted by molar-refractivity contribution is 8.13. The predicted molar refractivity (Wildman–Crippen MR) is 62.5 cm³/mol. The molecule has 0 radical (unpaired) electrons. The van der Waals surface area contributed by atoms with E-state index in [2.05, 4.69) is 5.10 Å². The summed E-state index contributed by atoms with van der Waals surface area (Å²) in [7, 11) is 1.58. The molecular weight excluding hydrogens is 271 g/mol. The summed E-state index contributed by atoms with van der Waals surface area (Å²) in [6, 6.07) is 0. The molecule has 0 bridgehead atoms. The first-order chi connectivity index (χ1) is 7.45. The second-order valence-corrected chi connectivity index (χ2v) is 6.80. The number of hydrogen-bond donors (Lipinski definition) is 0. The third-order valence-electron chi connectivity index (χ3n) is 2.52. The van der Waals surface area contributed by atoms with E-state index in [1.807, 2.05) is 6.92 Å². The van der Waals surface area contributed by atoms with E-state index in [1.165, 1.54) is 4.68 Å². The first-order valence-corrected chi connectivity index (χ1v) is 7.84. The molecule has 0 unspecified atom stereocenters. The van der Waals surface area contributed by atoms with E-state index in [9.17, 15) is 8.42 Å². The minimum absolute atomic E-state index is 0.00628. The van der Waals surface area contributed by atoms with Crippen LogP contribution in [0.1, 0.15) is 37.8 Å². The predicted octanol–water partition coefficient (Wildman–Crippen LogP) is 2.75. The van der Waals surface area contributed by atoms with Gasteiger partial charge in [0, 0.05) is 23.1 Å². The van der Waals surface area contributed by atoms with Crippen LogP contribution in [0.25, 0.3) is 0 Å². The van der Waals surface area contributed by atoms with Crippen molar-refractivity contribution in [2.75, 3.05) is 0 Å². The van der Waals surface area contributed by atoms with Crippen molar-refractivity contribution in [2.45, 2.75) is 43.5 Å². The second-order valence-electron chi connectivity index (χ2n) is 3.94. The van der Waals surface area contributed by atoms with Crippen LogP contribution >= 0.6 is 22.3 Å². The van der Waals surface area contributed by atoms with E-state index in [4.69, 9.17) is 22.3 Å². The number of hydrogen-bond acceptors (Lipinski definition) is 3. The molecule has 1 aliphatic carbocycles. The minimum Gasteiger partial charge on any atom is -0.252 e. The molecule has 2 rings (SSSR count). The van der Waals surface area contributed by atoms with E-state index in [0.29, 0.717) is 12.2 Å². The first kappa shape index (κ1) is 12.2. The van der Waals surface area contributed by atoms with Gasteiger partial charge in [-0.2, -0.15) is 5.10 Å². The van der Waals surface area contributed by atoms with Crippen LogP contribution in [0.4, 0.5) is 0 Å². The summed E-state index contributed by atoms with van der Waals surface area (Å²) >= 11 is 6.00. The lowest BCUT2D eigenvalue weighted by atomic mass is 10.3. The van der Waals surface area contributed by atoms with E-state index < -0.39 is 9.05 Å². The van der Waals surface area contributed by atoms with Gasteiger partial charge >= 0.3 is 0 Å². The molecule has 0 aliphatic heterocycles. The normalized spacial score (nSPS) is 16.7. The first-order valence-electron chi connectivity index (χ1n) is 5.16. The molecule has 0 aromatic carbocycles. The molecule has 0 spiro atoms. The standard InChI is InChI=1S/C9H12Cl2N2O2S/c1-2-5-13-9(10)8(16(11,14)15)7(12-13)6-3-4-6/h6H,2-5H2,1H3. The van der Waals surface area contributed by atoms with Gasteiger partial charge in [-0.05, 0) is 19.3 Å². The van der Waals surface area contributed by atoms with Crippen molar-refractivity contribution < 1.29 is 8.42 Å². The Balaban J connectivity index is 2.55. The highest BCUT2D eigenvalue weighted by atomic mass is 35.7. The lowest BCUT2D eigenvalue weighted by Crippen LogP contribution is -1.99. The zero-order valence-corrected chi connectivity index (χ0v) is 11.1. The third-order valence-corrected chi connectivity index (χ3v) is 4.37. The topological polar surface area (TPSA) is 52.0 Å². The number of aromatic nitrogens is 2. The molecule has 4 nitrogen and oxygen atoms in total. The molecular formula is C9H12Cl2N2O2S. The Morgan fingerprint density at radius 2 is 2.12 bits per heavy atom. The maximum Gasteiger partial charge on any atom is 0.266 e. The monoisotopic (exact) mass is 282 g/mol. The van der Waals surface area contributed by atoms with Crippen LogP contribution in [0.5, 0.6) is 0 Å². The molecule has 1 aromatic heterocycles. The zero-order chi connectivity index (χ0) is 11.9. The van der Waals surface area contributed by atoms with Crippen molar-refractivity contribution in [1.82, 2.24) is 9.78 Å². The molecule has 7 heteroatoms. The van der Waals surface area contributed by atoms with Crippen LogP contribution in [0.2, 0.25) is 5.15 Å². The van der Waals surface area contributed by atoms with Gasteiger partial charge in [0.15, 0.2) is 0 Å². The average Bonchev–Trinajstić information content (AvgIpc) is 2.92. The Hall–Kier alpha value is -0.260. The van der Waals surface area contributed by atoms with Gasteiger partial charge in [0.25, 0.3) is 9.05 Å². The number of rotatable bonds is 4. The number of nitrogens with zero attached hydrogens (tertiary/aromatic N) is 2. The molecule has 16 heavy (non-hydrogen) atoms. The van der Waals surface area contributed by atoms with Gasteiger partial charge in [0.05, 0.1) is 5.69 Å². The Morgan fingerprint density at radius 1 is 1.50 bits per heavy atom. The molecule has 1 fully saturated rings. The maximum atomic E-state index is 11.5. The largest absolute Gasteiger partial charge is 0.266 e. The van der Waals surface area contributed by atoms with Crippen molar-refractivity contribution in [1.29, 1.82) is 0 Å². The van der Waals surface area contributed by atoms with Crippen molar-refractivity contribution in [3.8, 4) is 0 Å². The molecule has 0 atom stereocenters. The highest BCUT2D eigenvalue weighted by Crippen LogP contribution is 2.44. The summed E-state index contributed by atoms with van der Waals surface area (Å²) in [5.74, 6) is 0.208. The lowest BCUT2D eigenvalue weighted by molar-refractivity contribution is 0.594.